The number of nitrogens with zero attached hydrogens (tertiary/aromatic N) is 2. The number of hydrogen-bond donors (Lipinski definition) is 0. The molecule has 0 saturated carbocycles. The Bertz CT molecular complexity index is 359. The number of hydrogen-bond acceptors (Lipinski definition) is 2. The van der Waals surface area contributed by atoms with Crippen LogP contribution in [0.25, 0.3) is 0 Å². The predicted molar refractivity (Wildman–Crippen MR) is 118 cm³/mol. The summed E-state index contributed by atoms with van der Waals surface area (Å²) in [6, 6.07) is 0. The van der Waals surface area contributed by atoms with Crippen LogP contribution < -0.4 is 0 Å². The van der Waals surface area contributed by atoms with E-state index in [0.29, 0.717) is 0 Å². The summed E-state index contributed by atoms with van der Waals surface area (Å²) in [6.07, 6.45) is 27.0. The molecule has 0 atom stereocenters. The van der Waals surface area contributed by atoms with Gasteiger partial charge in [-0.15, -0.1) is 0 Å². The van der Waals surface area contributed by atoms with Gasteiger partial charge in [-0.1, -0.05) is 103 Å². The van der Waals surface area contributed by atoms with Crippen molar-refractivity contribution in [2.24, 2.45) is 4.99 Å². The fourth-order valence-electron chi connectivity index (χ4n) is 3.70. The fraction of sp³-hybridized carbons (Fsp3) is 0.875. The van der Waals surface area contributed by atoms with Crippen LogP contribution in [0.4, 0.5) is 0 Å². The second kappa shape index (κ2) is 17.6. The van der Waals surface area contributed by atoms with Gasteiger partial charge in [0.25, 0.3) is 0 Å². The van der Waals surface area contributed by atoms with E-state index >= 15 is 0 Å². The van der Waals surface area contributed by atoms with E-state index in [1.54, 1.807) is 0 Å². The normalized spacial score (nSPS) is 14.5. The molecule has 2 heteroatoms. The Labute approximate surface area is 164 Å². The maximum atomic E-state index is 4.63. The zero-order chi connectivity index (χ0) is 18.7. The first-order chi connectivity index (χ1) is 12.9. The Morgan fingerprint density at radius 3 is 1.85 bits per heavy atom. The minimum absolute atomic E-state index is 0.988. The summed E-state index contributed by atoms with van der Waals surface area (Å²) in [5.41, 5.74) is 0. The van der Waals surface area contributed by atoms with Crippen LogP contribution in [0.5, 0.6) is 0 Å². The molecule has 0 aromatic heterocycles. The smallest absolute Gasteiger partial charge is 0.123 e. The molecule has 0 aromatic carbocycles. The molecule has 1 aliphatic heterocycles. The highest BCUT2D eigenvalue weighted by Gasteiger charge is 2.12. The molecule has 0 aromatic rings. The lowest BCUT2D eigenvalue weighted by Gasteiger charge is -2.17. The summed E-state index contributed by atoms with van der Waals surface area (Å²) in [7, 11) is 0. The number of unbranched alkanes of at least 4 members (excludes halogenated alkanes) is 14. The molecule has 0 unspecified atom stereocenters. The Morgan fingerprint density at radius 2 is 1.27 bits per heavy atom. The average Bonchev–Trinajstić information content (AvgIpc) is 3.10. The van der Waals surface area contributed by atoms with Gasteiger partial charge in [-0.25, -0.2) is 0 Å². The standard InChI is InChI=1S/C24H46N2/c1-3-5-7-8-9-10-11-12-13-14-15-16-17-18-19-20-24-25-21-23-26(24)22-6-4-2/h19-20H,3-18,21-23H2,1-2H3. The van der Waals surface area contributed by atoms with Crippen LogP contribution in [0.15, 0.2) is 17.1 Å². The van der Waals surface area contributed by atoms with Gasteiger partial charge in [0.2, 0.25) is 0 Å². The van der Waals surface area contributed by atoms with Gasteiger partial charge >= 0.3 is 0 Å². The van der Waals surface area contributed by atoms with Gasteiger partial charge in [-0.2, -0.15) is 0 Å². The van der Waals surface area contributed by atoms with E-state index in [1.807, 2.05) is 0 Å². The van der Waals surface area contributed by atoms with Crippen molar-refractivity contribution >= 4 is 5.84 Å². The Hall–Kier alpha value is -0.790. The van der Waals surface area contributed by atoms with Crippen molar-refractivity contribution in [3.63, 3.8) is 0 Å². The third-order valence-electron chi connectivity index (χ3n) is 5.49. The summed E-state index contributed by atoms with van der Waals surface area (Å²) in [5, 5.41) is 0. The van der Waals surface area contributed by atoms with Gasteiger partial charge in [0.1, 0.15) is 5.84 Å². The van der Waals surface area contributed by atoms with Crippen LogP contribution in [-0.2, 0) is 0 Å². The minimum Gasteiger partial charge on any atom is -0.355 e. The molecule has 0 saturated heterocycles. The maximum absolute atomic E-state index is 4.63. The van der Waals surface area contributed by atoms with Crippen LogP contribution in [-0.4, -0.2) is 30.4 Å². The molecule has 1 heterocycles. The molecule has 0 amide bonds. The van der Waals surface area contributed by atoms with E-state index in [0.717, 1.165) is 13.1 Å². The number of aliphatic imine (C=N–C) groups is 1. The fourth-order valence-corrected chi connectivity index (χ4v) is 3.70. The molecule has 0 spiro atoms. The molecule has 1 rings (SSSR count). The van der Waals surface area contributed by atoms with E-state index in [1.165, 1.54) is 115 Å². The molecule has 0 fully saturated rings. The van der Waals surface area contributed by atoms with E-state index in [9.17, 15) is 0 Å². The first-order valence-corrected chi connectivity index (χ1v) is 11.8. The lowest BCUT2D eigenvalue weighted by atomic mass is 10.0. The van der Waals surface area contributed by atoms with Gasteiger partial charge in [0, 0.05) is 13.1 Å². The van der Waals surface area contributed by atoms with E-state index in [4.69, 9.17) is 0 Å². The second-order valence-corrected chi connectivity index (χ2v) is 8.01. The first kappa shape index (κ1) is 23.2. The minimum atomic E-state index is 0.988. The van der Waals surface area contributed by atoms with Crippen LogP contribution in [0.1, 0.15) is 117 Å². The van der Waals surface area contributed by atoms with Gasteiger partial charge in [-0.3, -0.25) is 4.99 Å². The maximum Gasteiger partial charge on any atom is 0.123 e. The summed E-state index contributed by atoms with van der Waals surface area (Å²) < 4.78 is 0. The van der Waals surface area contributed by atoms with Gasteiger partial charge < -0.3 is 4.90 Å². The molecule has 2 nitrogen and oxygen atoms in total. The summed E-state index contributed by atoms with van der Waals surface area (Å²) >= 11 is 0. The van der Waals surface area contributed by atoms with Crippen LogP contribution in [0, 0.1) is 0 Å². The zero-order valence-corrected chi connectivity index (χ0v) is 18.0. The molecule has 0 bridgehead atoms. The third kappa shape index (κ3) is 12.5. The van der Waals surface area contributed by atoms with E-state index in [-0.39, 0.29) is 0 Å². The van der Waals surface area contributed by atoms with Gasteiger partial charge in [0.05, 0.1) is 6.54 Å². The average molecular weight is 363 g/mol. The molecular formula is C24H46N2. The highest BCUT2D eigenvalue weighted by Crippen LogP contribution is 2.13. The number of amidine groups is 1. The molecule has 0 radical (unpaired) electrons. The molecule has 0 aliphatic carbocycles. The Balaban J connectivity index is 1.84. The topological polar surface area (TPSA) is 15.6 Å². The molecular weight excluding hydrogens is 316 g/mol. The lowest BCUT2D eigenvalue weighted by molar-refractivity contribution is 0.444. The van der Waals surface area contributed by atoms with Crippen molar-refractivity contribution in [2.45, 2.75) is 117 Å². The van der Waals surface area contributed by atoms with E-state index < -0.39 is 0 Å². The first-order valence-electron chi connectivity index (χ1n) is 11.8. The van der Waals surface area contributed by atoms with Crippen molar-refractivity contribution < 1.29 is 0 Å². The molecule has 152 valence electrons. The van der Waals surface area contributed by atoms with Crippen LogP contribution >= 0.6 is 0 Å². The predicted octanol–water partition coefficient (Wildman–Crippen LogP) is 7.54. The highest BCUT2D eigenvalue weighted by molar-refractivity contribution is 5.94. The summed E-state index contributed by atoms with van der Waals surface area (Å²) in [4.78, 5) is 7.08. The number of allylic oxidation sites excluding steroid dienone is 1. The summed E-state index contributed by atoms with van der Waals surface area (Å²) in [5.74, 6) is 1.23. The quantitative estimate of drug-likeness (QED) is 0.230. The van der Waals surface area contributed by atoms with Gasteiger partial charge in [-0.05, 0) is 25.3 Å². The van der Waals surface area contributed by atoms with Crippen LogP contribution in [0.2, 0.25) is 0 Å². The Morgan fingerprint density at radius 1 is 0.731 bits per heavy atom. The van der Waals surface area contributed by atoms with Crippen molar-refractivity contribution in [2.75, 3.05) is 19.6 Å². The third-order valence-corrected chi connectivity index (χ3v) is 5.49. The van der Waals surface area contributed by atoms with Crippen molar-refractivity contribution in [3.05, 3.63) is 12.2 Å². The van der Waals surface area contributed by atoms with Crippen molar-refractivity contribution in [1.29, 1.82) is 0 Å². The van der Waals surface area contributed by atoms with Crippen LogP contribution in [0.3, 0.4) is 0 Å². The van der Waals surface area contributed by atoms with Crippen molar-refractivity contribution in [1.82, 2.24) is 4.90 Å². The summed E-state index contributed by atoms with van der Waals surface area (Å²) in [6.45, 7) is 7.85. The van der Waals surface area contributed by atoms with Gasteiger partial charge in [0.15, 0.2) is 0 Å². The molecule has 1 aliphatic rings. The Kier molecular flexibility index (Phi) is 15.8. The molecule has 26 heavy (non-hydrogen) atoms. The monoisotopic (exact) mass is 362 g/mol. The zero-order valence-electron chi connectivity index (χ0n) is 18.0. The molecule has 0 N–H and O–H groups in total. The SMILES string of the molecule is CCCCCCCCCCCCCCCC=CC1=NCCN1CCCC. The number of rotatable bonds is 18. The lowest BCUT2D eigenvalue weighted by Crippen LogP contribution is -2.27. The second-order valence-electron chi connectivity index (χ2n) is 8.01. The van der Waals surface area contributed by atoms with E-state index in [2.05, 4.69) is 35.9 Å². The largest absolute Gasteiger partial charge is 0.355 e. The highest BCUT2D eigenvalue weighted by atomic mass is 15.2. The van der Waals surface area contributed by atoms with Crippen molar-refractivity contribution in [3.8, 4) is 0 Å².